The van der Waals surface area contributed by atoms with Gasteiger partial charge in [0.15, 0.2) is 0 Å². The standard InChI is InChI=1S/C15H14FNO2/c1-9-6-10(2)8-11(7-9)17-15(19)14-12(16)4-3-5-13(14)18/h3-8,18H,1-2H3,(H,17,19). The summed E-state index contributed by atoms with van der Waals surface area (Å²) in [5.41, 5.74) is 2.22. The van der Waals surface area contributed by atoms with Gasteiger partial charge in [0.2, 0.25) is 0 Å². The molecule has 19 heavy (non-hydrogen) atoms. The fourth-order valence-corrected chi connectivity index (χ4v) is 1.98. The number of anilines is 1. The third-order valence-electron chi connectivity index (χ3n) is 2.70. The number of hydrogen-bond donors (Lipinski definition) is 2. The summed E-state index contributed by atoms with van der Waals surface area (Å²) >= 11 is 0. The van der Waals surface area contributed by atoms with Gasteiger partial charge in [-0.25, -0.2) is 4.39 Å². The van der Waals surface area contributed by atoms with E-state index in [1.54, 1.807) is 12.1 Å². The number of hydrogen-bond acceptors (Lipinski definition) is 2. The maximum Gasteiger partial charge on any atom is 0.262 e. The minimum Gasteiger partial charge on any atom is -0.507 e. The molecule has 0 aromatic heterocycles. The number of aryl methyl sites for hydroxylation is 2. The second kappa shape index (κ2) is 5.10. The van der Waals surface area contributed by atoms with Gasteiger partial charge < -0.3 is 10.4 Å². The molecule has 1 amide bonds. The smallest absolute Gasteiger partial charge is 0.262 e. The van der Waals surface area contributed by atoms with Gasteiger partial charge in [0.25, 0.3) is 5.91 Å². The Morgan fingerprint density at radius 3 is 2.37 bits per heavy atom. The van der Waals surface area contributed by atoms with Crippen LogP contribution in [0.15, 0.2) is 36.4 Å². The Hall–Kier alpha value is -2.36. The van der Waals surface area contributed by atoms with Crippen molar-refractivity contribution in [1.29, 1.82) is 0 Å². The molecule has 0 radical (unpaired) electrons. The van der Waals surface area contributed by atoms with Gasteiger partial charge in [-0.2, -0.15) is 0 Å². The molecule has 2 aromatic rings. The highest BCUT2D eigenvalue weighted by Gasteiger charge is 2.16. The maximum atomic E-state index is 13.5. The molecule has 0 fully saturated rings. The first-order valence-electron chi connectivity index (χ1n) is 5.84. The summed E-state index contributed by atoms with van der Waals surface area (Å²) in [7, 11) is 0. The number of amides is 1. The van der Waals surface area contributed by atoms with Crippen molar-refractivity contribution in [2.75, 3.05) is 5.32 Å². The third-order valence-corrected chi connectivity index (χ3v) is 2.70. The molecule has 0 aliphatic rings. The molecule has 3 nitrogen and oxygen atoms in total. The zero-order valence-corrected chi connectivity index (χ0v) is 10.7. The van der Waals surface area contributed by atoms with Gasteiger partial charge in [0.1, 0.15) is 17.1 Å². The summed E-state index contributed by atoms with van der Waals surface area (Å²) < 4.78 is 13.5. The molecule has 2 aromatic carbocycles. The molecule has 0 bridgehead atoms. The van der Waals surface area contributed by atoms with Crippen LogP contribution in [0.25, 0.3) is 0 Å². The summed E-state index contributed by atoms with van der Waals surface area (Å²) in [6.07, 6.45) is 0. The van der Waals surface area contributed by atoms with Crippen LogP contribution in [0.4, 0.5) is 10.1 Å². The van der Waals surface area contributed by atoms with E-state index in [-0.39, 0.29) is 11.3 Å². The predicted octanol–water partition coefficient (Wildman–Crippen LogP) is 3.40. The fraction of sp³-hybridized carbons (Fsp3) is 0.133. The van der Waals surface area contributed by atoms with Crippen LogP contribution in [-0.4, -0.2) is 11.0 Å². The number of halogens is 1. The highest BCUT2D eigenvalue weighted by molar-refractivity contribution is 6.06. The van der Waals surface area contributed by atoms with Crippen molar-refractivity contribution in [2.24, 2.45) is 0 Å². The van der Waals surface area contributed by atoms with Crippen molar-refractivity contribution in [1.82, 2.24) is 0 Å². The van der Waals surface area contributed by atoms with E-state index in [2.05, 4.69) is 5.32 Å². The average Bonchev–Trinajstić information content (AvgIpc) is 2.26. The molecule has 2 N–H and O–H groups in total. The Balaban J connectivity index is 2.31. The first kappa shape index (κ1) is 13.1. The van der Waals surface area contributed by atoms with Gasteiger partial charge in [-0.05, 0) is 49.2 Å². The molecule has 2 rings (SSSR count). The van der Waals surface area contributed by atoms with Gasteiger partial charge in [0, 0.05) is 5.69 Å². The molecule has 0 aliphatic heterocycles. The van der Waals surface area contributed by atoms with E-state index in [9.17, 15) is 14.3 Å². The zero-order chi connectivity index (χ0) is 14.0. The number of phenols is 1. The van der Waals surface area contributed by atoms with Crippen molar-refractivity contribution in [3.8, 4) is 5.75 Å². The molecule has 4 heteroatoms. The van der Waals surface area contributed by atoms with Crippen LogP contribution in [0.5, 0.6) is 5.75 Å². The Morgan fingerprint density at radius 2 is 1.79 bits per heavy atom. The Kier molecular flexibility index (Phi) is 3.51. The molecule has 0 saturated heterocycles. The largest absolute Gasteiger partial charge is 0.507 e. The minimum absolute atomic E-state index is 0.346. The van der Waals surface area contributed by atoms with Crippen molar-refractivity contribution < 1.29 is 14.3 Å². The number of rotatable bonds is 2. The van der Waals surface area contributed by atoms with Crippen molar-refractivity contribution in [3.63, 3.8) is 0 Å². The quantitative estimate of drug-likeness (QED) is 0.868. The van der Waals surface area contributed by atoms with Crippen LogP contribution in [0.1, 0.15) is 21.5 Å². The van der Waals surface area contributed by atoms with E-state index in [0.29, 0.717) is 5.69 Å². The van der Waals surface area contributed by atoms with Crippen LogP contribution in [0.3, 0.4) is 0 Å². The number of carbonyl (C=O) groups excluding carboxylic acids is 1. The summed E-state index contributed by atoms with van der Waals surface area (Å²) in [5.74, 6) is -1.79. The van der Waals surface area contributed by atoms with Gasteiger partial charge in [0.05, 0.1) is 0 Å². The first-order chi connectivity index (χ1) is 8.97. The first-order valence-corrected chi connectivity index (χ1v) is 5.84. The van der Waals surface area contributed by atoms with Gasteiger partial charge in [-0.15, -0.1) is 0 Å². The highest BCUT2D eigenvalue weighted by atomic mass is 19.1. The molecular formula is C15H14FNO2. The summed E-state index contributed by atoms with van der Waals surface area (Å²) in [6, 6.07) is 9.29. The van der Waals surface area contributed by atoms with Crippen LogP contribution >= 0.6 is 0 Å². The lowest BCUT2D eigenvalue weighted by atomic mass is 10.1. The Bertz CT molecular complexity index is 598. The fourth-order valence-electron chi connectivity index (χ4n) is 1.98. The number of benzene rings is 2. The number of aromatic hydroxyl groups is 1. The molecule has 0 aliphatic carbocycles. The second-order valence-electron chi connectivity index (χ2n) is 4.46. The SMILES string of the molecule is Cc1cc(C)cc(NC(=O)c2c(O)cccc2F)c1. The molecule has 0 heterocycles. The van der Waals surface area contributed by atoms with Gasteiger partial charge in [-0.1, -0.05) is 12.1 Å². The molecule has 0 unspecified atom stereocenters. The second-order valence-corrected chi connectivity index (χ2v) is 4.46. The normalized spacial score (nSPS) is 10.3. The lowest BCUT2D eigenvalue weighted by Crippen LogP contribution is -2.14. The van der Waals surface area contributed by atoms with E-state index in [4.69, 9.17) is 0 Å². The van der Waals surface area contributed by atoms with Crippen molar-refractivity contribution >= 4 is 11.6 Å². The van der Waals surface area contributed by atoms with Crippen LogP contribution in [0.2, 0.25) is 0 Å². The number of phenolic OH excluding ortho intramolecular Hbond substituents is 1. The lowest BCUT2D eigenvalue weighted by molar-refractivity contribution is 0.102. The van der Waals surface area contributed by atoms with Crippen molar-refractivity contribution in [3.05, 3.63) is 58.9 Å². The van der Waals surface area contributed by atoms with E-state index in [1.165, 1.54) is 12.1 Å². The molecule has 0 atom stereocenters. The summed E-state index contributed by atoms with van der Waals surface area (Å²) in [5, 5.41) is 12.1. The minimum atomic E-state index is -0.748. The van der Waals surface area contributed by atoms with Crippen LogP contribution < -0.4 is 5.32 Å². The summed E-state index contributed by atoms with van der Waals surface area (Å²) in [4.78, 5) is 12.0. The highest BCUT2D eigenvalue weighted by Crippen LogP contribution is 2.22. The van der Waals surface area contributed by atoms with Crippen LogP contribution in [0, 0.1) is 19.7 Å². The average molecular weight is 259 g/mol. The van der Waals surface area contributed by atoms with Crippen LogP contribution in [-0.2, 0) is 0 Å². The van der Waals surface area contributed by atoms with Gasteiger partial charge >= 0.3 is 0 Å². The molecule has 0 saturated carbocycles. The Labute approximate surface area is 110 Å². The molecular weight excluding hydrogens is 245 g/mol. The van der Waals surface area contributed by atoms with E-state index in [1.807, 2.05) is 19.9 Å². The lowest BCUT2D eigenvalue weighted by Gasteiger charge is -2.09. The third kappa shape index (κ3) is 2.91. The number of nitrogens with one attached hydrogen (secondary N) is 1. The van der Waals surface area contributed by atoms with E-state index < -0.39 is 11.7 Å². The predicted molar refractivity (Wildman–Crippen MR) is 71.9 cm³/mol. The molecule has 98 valence electrons. The number of carbonyl (C=O) groups is 1. The summed E-state index contributed by atoms with van der Waals surface area (Å²) in [6.45, 7) is 3.81. The van der Waals surface area contributed by atoms with E-state index >= 15 is 0 Å². The zero-order valence-electron chi connectivity index (χ0n) is 10.7. The van der Waals surface area contributed by atoms with Gasteiger partial charge in [-0.3, -0.25) is 4.79 Å². The maximum absolute atomic E-state index is 13.5. The topological polar surface area (TPSA) is 49.3 Å². The monoisotopic (exact) mass is 259 g/mol. The Morgan fingerprint density at radius 1 is 1.16 bits per heavy atom. The van der Waals surface area contributed by atoms with E-state index in [0.717, 1.165) is 17.2 Å². The molecule has 0 spiro atoms. The van der Waals surface area contributed by atoms with Crippen molar-refractivity contribution in [2.45, 2.75) is 13.8 Å².